The molecule has 1 fully saturated rings. The van der Waals surface area contributed by atoms with Crippen LogP contribution in [0.3, 0.4) is 0 Å². The molecule has 1 aliphatic heterocycles. The van der Waals surface area contributed by atoms with Gasteiger partial charge in [0, 0.05) is 13.0 Å². The summed E-state index contributed by atoms with van der Waals surface area (Å²) in [6.45, 7) is 7.66. The van der Waals surface area contributed by atoms with E-state index in [4.69, 9.17) is 5.26 Å². The number of benzene rings is 2. The second kappa shape index (κ2) is 8.52. The van der Waals surface area contributed by atoms with E-state index in [1.165, 1.54) is 22.3 Å². The van der Waals surface area contributed by atoms with Gasteiger partial charge in [0.1, 0.15) is 0 Å². The SMILES string of the molecule is CCc1cccc(-c2ccc(CN3CCC(CC)(CC#N)CC3)cc2)c1. The van der Waals surface area contributed by atoms with E-state index in [2.05, 4.69) is 73.3 Å². The first kappa shape index (κ1) is 18.7. The molecule has 0 atom stereocenters. The summed E-state index contributed by atoms with van der Waals surface area (Å²) in [7, 11) is 0. The first-order chi connectivity index (χ1) is 12.7. The minimum atomic E-state index is 0.263. The number of aryl methyl sites for hydroxylation is 1. The van der Waals surface area contributed by atoms with Crippen LogP contribution < -0.4 is 0 Å². The van der Waals surface area contributed by atoms with Crippen LogP contribution in [-0.4, -0.2) is 18.0 Å². The van der Waals surface area contributed by atoms with Crippen LogP contribution in [-0.2, 0) is 13.0 Å². The maximum absolute atomic E-state index is 9.11. The molecule has 0 saturated carbocycles. The summed E-state index contributed by atoms with van der Waals surface area (Å²) in [5.41, 5.74) is 5.63. The van der Waals surface area contributed by atoms with Gasteiger partial charge in [0.2, 0.25) is 0 Å². The molecule has 0 radical (unpaired) electrons. The van der Waals surface area contributed by atoms with E-state index in [9.17, 15) is 0 Å². The fourth-order valence-corrected chi connectivity index (χ4v) is 4.04. The lowest BCUT2D eigenvalue weighted by atomic mass is 9.74. The van der Waals surface area contributed by atoms with Crippen molar-refractivity contribution in [3.05, 3.63) is 59.7 Å². The lowest BCUT2D eigenvalue weighted by Crippen LogP contribution is -2.39. The van der Waals surface area contributed by atoms with Crippen molar-refractivity contribution in [2.45, 2.75) is 52.5 Å². The van der Waals surface area contributed by atoms with E-state index in [1.54, 1.807) is 0 Å². The molecule has 0 N–H and O–H groups in total. The lowest BCUT2D eigenvalue weighted by molar-refractivity contribution is 0.0980. The quantitative estimate of drug-likeness (QED) is 0.659. The van der Waals surface area contributed by atoms with E-state index in [0.717, 1.165) is 45.3 Å². The molecule has 1 aliphatic rings. The smallest absolute Gasteiger partial charge is 0.0627 e. The summed E-state index contributed by atoms with van der Waals surface area (Å²) in [6, 6.07) is 20.3. The predicted molar refractivity (Wildman–Crippen MR) is 109 cm³/mol. The van der Waals surface area contributed by atoms with Gasteiger partial charge in [0.15, 0.2) is 0 Å². The molecule has 2 aromatic rings. The van der Waals surface area contributed by atoms with Gasteiger partial charge in [-0.1, -0.05) is 62.4 Å². The van der Waals surface area contributed by atoms with Gasteiger partial charge in [-0.25, -0.2) is 0 Å². The Labute approximate surface area is 158 Å². The zero-order valence-electron chi connectivity index (χ0n) is 16.2. The van der Waals surface area contributed by atoms with Gasteiger partial charge in [-0.3, -0.25) is 4.90 Å². The van der Waals surface area contributed by atoms with Crippen molar-refractivity contribution in [3.8, 4) is 17.2 Å². The number of hydrogen-bond acceptors (Lipinski definition) is 2. The molecule has 26 heavy (non-hydrogen) atoms. The molecular formula is C24H30N2. The summed E-state index contributed by atoms with van der Waals surface area (Å²) in [4.78, 5) is 2.54. The van der Waals surface area contributed by atoms with Gasteiger partial charge >= 0.3 is 0 Å². The Kier molecular flexibility index (Phi) is 6.12. The van der Waals surface area contributed by atoms with Crippen LogP contribution in [0.2, 0.25) is 0 Å². The molecule has 0 aliphatic carbocycles. The van der Waals surface area contributed by atoms with Crippen molar-refractivity contribution in [1.82, 2.24) is 4.90 Å². The van der Waals surface area contributed by atoms with E-state index in [0.29, 0.717) is 6.42 Å². The van der Waals surface area contributed by atoms with Crippen molar-refractivity contribution in [3.63, 3.8) is 0 Å². The van der Waals surface area contributed by atoms with Crippen molar-refractivity contribution in [1.29, 1.82) is 5.26 Å². The van der Waals surface area contributed by atoms with Gasteiger partial charge in [-0.15, -0.1) is 0 Å². The minimum Gasteiger partial charge on any atom is -0.299 e. The molecule has 0 spiro atoms. The molecule has 2 aromatic carbocycles. The predicted octanol–water partition coefficient (Wildman–Crippen LogP) is 5.82. The number of nitriles is 1. The van der Waals surface area contributed by atoms with Gasteiger partial charge in [-0.2, -0.15) is 5.26 Å². The number of likely N-dealkylation sites (tertiary alicyclic amines) is 1. The van der Waals surface area contributed by atoms with E-state index < -0.39 is 0 Å². The Morgan fingerprint density at radius 2 is 1.69 bits per heavy atom. The molecule has 0 bridgehead atoms. The second-order valence-electron chi connectivity index (χ2n) is 7.72. The van der Waals surface area contributed by atoms with Gasteiger partial charge in [0.05, 0.1) is 6.07 Å². The highest BCUT2D eigenvalue weighted by atomic mass is 15.1. The molecule has 136 valence electrons. The van der Waals surface area contributed by atoms with Crippen molar-refractivity contribution < 1.29 is 0 Å². The number of rotatable bonds is 6. The van der Waals surface area contributed by atoms with E-state index >= 15 is 0 Å². The van der Waals surface area contributed by atoms with Crippen LogP contribution in [0.15, 0.2) is 48.5 Å². The van der Waals surface area contributed by atoms with Crippen molar-refractivity contribution >= 4 is 0 Å². The Morgan fingerprint density at radius 3 is 2.31 bits per heavy atom. The normalized spacial score (nSPS) is 17.0. The second-order valence-corrected chi connectivity index (χ2v) is 7.72. The Morgan fingerprint density at radius 1 is 0.962 bits per heavy atom. The summed E-state index contributed by atoms with van der Waals surface area (Å²) < 4.78 is 0. The molecule has 3 rings (SSSR count). The van der Waals surface area contributed by atoms with Crippen molar-refractivity contribution in [2.75, 3.05) is 13.1 Å². The fraction of sp³-hybridized carbons (Fsp3) is 0.458. The molecular weight excluding hydrogens is 316 g/mol. The Hall–Kier alpha value is -2.11. The highest BCUT2D eigenvalue weighted by molar-refractivity contribution is 5.64. The van der Waals surface area contributed by atoms with Crippen LogP contribution in [0.5, 0.6) is 0 Å². The third-order valence-corrected chi connectivity index (χ3v) is 6.15. The zero-order valence-corrected chi connectivity index (χ0v) is 16.2. The first-order valence-corrected chi connectivity index (χ1v) is 9.95. The van der Waals surface area contributed by atoms with Crippen LogP contribution in [0, 0.1) is 16.7 Å². The van der Waals surface area contributed by atoms with Crippen LogP contribution >= 0.6 is 0 Å². The molecule has 1 heterocycles. The third-order valence-electron chi connectivity index (χ3n) is 6.15. The zero-order chi connectivity index (χ0) is 18.4. The summed E-state index contributed by atoms with van der Waals surface area (Å²) >= 11 is 0. The third kappa shape index (κ3) is 4.34. The maximum atomic E-state index is 9.11. The highest BCUT2D eigenvalue weighted by Crippen LogP contribution is 2.38. The number of piperidine rings is 1. The van der Waals surface area contributed by atoms with Crippen molar-refractivity contribution in [2.24, 2.45) is 5.41 Å². The van der Waals surface area contributed by atoms with E-state index in [1.807, 2.05) is 0 Å². The van der Waals surface area contributed by atoms with Gasteiger partial charge in [0.25, 0.3) is 0 Å². The standard InChI is InChI=1S/C24H30N2/c1-3-20-6-5-7-23(18-20)22-10-8-21(9-11-22)19-26-16-13-24(4-2,12-15-25)14-17-26/h5-11,18H,3-4,12-14,16-17,19H2,1-2H3. The Bertz CT molecular complexity index is 747. The summed E-state index contributed by atoms with van der Waals surface area (Å²) in [5, 5.41) is 9.11. The van der Waals surface area contributed by atoms with Crippen LogP contribution in [0.25, 0.3) is 11.1 Å². The van der Waals surface area contributed by atoms with Gasteiger partial charge in [-0.05, 0) is 66.4 Å². The topological polar surface area (TPSA) is 27.0 Å². The average Bonchev–Trinajstić information content (AvgIpc) is 2.70. The minimum absolute atomic E-state index is 0.263. The number of hydrogen-bond donors (Lipinski definition) is 0. The highest BCUT2D eigenvalue weighted by Gasteiger charge is 2.32. The van der Waals surface area contributed by atoms with Crippen LogP contribution in [0.1, 0.15) is 50.7 Å². The monoisotopic (exact) mass is 346 g/mol. The molecule has 0 amide bonds. The summed E-state index contributed by atoms with van der Waals surface area (Å²) in [6.07, 6.45) is 5.21. The maximum Gasteiger partial charge on any atom is 0.0627 e. The largest absolute Gasteiger partial charge is 0.299 e. The van der Waals surface area contributed by atoms with Gasteiger partial charge < -0.3 is 0 Å². The first-order valence-electron chi connectivity index (χ1n) is 9.95. The number of nitrogens with zero attached hydrogens (tertiary/aromatic N) is 2. The molecule has 0 unspecified atom stereocenters. The molecule has 2 heteroatoms. The molecule has 2 nitrogen and oxygen atoms in total. The van der Waals surface area contributed by atoms with Crippen LogP contribution in [0.4, 0.5) is 0 Å². The molecule has 1 saturated heterocycles. The van der Waals surface area contributed by atoms with E-state index in [-0.39, 0.29) is 5.41 Å². The summed E-state index contributed by atoms with van der Waals surface area (Å²) in [5.74, 6) is 0. The fourth-order valence-electron chi connectivity index (χ4n) is 4.04. The molecule has 0 aromatic heterocycles. The average molecular weight is 347 g/mol. The Balaban J connectivity index is 1.61. The lowest BCUT2D eigenvalue weighted by Gasteiger charge is -2.40.